The third-order valence-electron chi connectivity index (χ3n) is 3.74. The van der Waals surface area contributed by atoms with Crippen LogP contribution in [0.1, 0.15) is 38.8 Å². The van der Waals surface area contributed by atoms with E-state index in [0.29, 0.717) is 18.9 Å². The zero-order chi connectivity index (χ0) is 13.8. The van der Waals surface area contributed by atoms with E-state index in [1.807, 2.05) is 0 Å². The van der Waals surface area contributed by atoms with E-state index in [1.165, 1.54) is 20.0 Å². The zero-order valence-electron chi connectivity index (χ0n) is 11.9. The molecule has 1 aliphatic heterocycles. The van der Waals surface area contributed by atoms with Crippen LogP contribution in [0.3, 0.4) is 0 Å². The molecule has 0 saturated carbocycles. The predicted molar refractivity (Wildman–Crippen MR) is 77.7 cm³/mol. The van der Waals surface area contributed by atoms with E-state index in [2.05, 4.69) is 33.8 Å². The van der Waals surface area contributed by atoms with Gasteiger partial charge in [0.25, 0.3) is 0 Å². The van der Waals surface area contributed by atoms with E-state index in [-0.39, 0.29) is 5.97 Å². The van der Waals surface area contributed by atoms with Gasteiger partial charge >= 0.3 is 5.97 Å². The largest absolute Gasteiger partial charge is 0.469 e. The molecular weight excluding hydrogens is 260 g/mol. The fourth-order valence-corrected chi connectivity index (χ4v) is 3.56. The quantitative estimate of drug-likeness (QED) is 0.796. The number of carbonyl (C=O) groups is 1. The summed E-state index contributed by atoms with van der Waals surface area (Å²) in [5.41, 5.74) is 0.997. The lowest BCUT2D eigenvalue weighted by molar-refractivity contribution is -0.140. The molecular formula is C14H22N2O2S. The molecule has 2 heterocycles. The monoisotopic (exact) mass is 282 g/mol. The van der Waals surface area contributed by atoms with Gasteiger partial charge in [-0.15, -0.1) is 11.3 Å². The molecule has 1 saturated heterocycles. The van der Waals surface area contributed by atoms with E-state index in [9.17, 15) is 4.79 Å². The number of hydrogen-bond acceptors (Lipinski definition) is 5. The molecule has 2 atom stereocenters. The van der Waals surface area contributed by atoms with Gasteiger partial charge in [0.15, 0.2) is 5.13 Å². The molecule has 1 fully saturated rings. The Bertz CT molecular complexity index is 433. The van der Waals surface area contributed by atoms with E-state index < -0.39 is 0 Å². The number of nitrogens with zero attached hydrogens (tertiary/aromatic N) is 2. The van der Waals surface area contributed by atoms with E-state index in [0.717, 1.165) is 23.3 Å². The molecule has 2 unspecified atom stereocenters. The second-order valence-electron chi connectivity index (χ2n) is 5.37. The van der Waals surface area contributed by atoms with Crippen molar-refractivity contribution in [3.05, 3.63) is 11.1 Å². The van der Waals surface area contributed by atoms with Gasteiger partial charge in [-0.05, 0) is 25.7 Å². The summed E-state index contributed by atoms with van der Waals surface area (Å²) in [5.74, 6) is 0.639. The third-order valence-corrected chi connectivity index (χ3v) is 4.66. The topological polar surface area (TPSA) is 42.4 Å². The highest BCUT2D eigenvalue weighted by Crippen LogP contribution is 2.30. The Balaban J connectivity index is 1.95. The van der Waals surface area contributed by atoms with Crippen molar-refractivity contribution in [1.82, 2.24) is 4.98 Å². The second-order valence-corrected chi connectivity index (χ2v) is 6.21. The van der Waals surface area contributed by atoms with Crippen molar-refractivity contribution >= 4 is 22.4 Å². The van der Waals surface area contributed by atoms with Crippen molar-refractivity contribution in [3.63, 3.8) is 0 Å². The van der Waals surface area contributed by atoms with Crippen molar-refractivity contribution in [2.24, 2.45) is 5.92 Å². The third kappa shape index (κ3) is 3.69. The first kappa shape index (κ1) is 14.3. The maximum absolute atomic E-state index is 11.1. The number of rotatable bonds is 4. The maximum Gasteiger partial charge on any atom is 0.305 e. The smallest absolute Gasteiger partial charge is 0.305 e. The SMILES string of the molecule is COC(=O)CCc1csc(N2CCC(C)CC2C)n1. The number of ether oxygens (including phenoxy) is 1. The van der Waals surface area contributed by atoms with Crippen LogP contribution < -0.4 is 4.90 Å². The van der Waals surface area contributed by atoms with Crippen LogP contribution in [0.2, 0.25) is 0 Å². The highest BCUT2D eigenvalue weighted by molar-refractivity contribution is 7.13. The molecule has 0 radical (unpaired) electrons. The molecule has 0 bridgehead atoms. The predicted octanol–water partition coefficient (Wildman–Crippen LogP) is 2.87. The van der Waals surface area contributed by atoms with Crippen molar-refractivity contribution in [2.45, 2.75) is 45.6 Å². The zero-order valence-corrected chi connectivity index (χ0v) is 12.7. The first-order valence-corrected chi connectivity index (χ1v) is 7.76. The second kappa shape index (κ2) is 6.37. The van der Waals surface area contributed by atoms with Crippen LogP contribution in [-0.4, -0.2) is 30.6 Å². The van der Waals surface area contributed by atoms with Gasteiger partial charge in [0, 0.05) is 24.4 Å². The minimum absolute atomic E-state index is 0.172. The molecule has 19 heavy (non-hydrogen) atoms. The fraction of sp³-hybridized carbons (Fsp3) is 0.714. The first-order chi connectivity index (χ1) is 9.10. The summed E-state index contributed by atoms with van der Waals surface area (Å²) in [6.45, 7) is 5.68. The van der Waals surface area contributed by atoms with Crippen LogP contribution in [0.25, 0.3) is 0 Å². The summed E-state index contributed by atoms with van der Waals surface area (Å²) in [6.07, 6.45) is 3.55. The average Bonchev–Trinajstić information content (AvgIpc) is 2.84. The highest BCUT2D eigenvalue weighted by atomic mass is 32.1. The number of piperidine rings is 1. The standard InChI is InChI=1S/C14H22N2O2S/c1-10-6-7-16(11(2)8-10)14-15-12(9-19-14)4-5-13(17)18-3/h9-11H,4-8H2,1-3H3. The minimum atomic E-state index is -0.172. The van der Waals surface area contributed by atoms with Gasteiger partial charge < -0.3 is 9.64 Å². The van der Waals surface area contributed by atoms with E-state index in [1.54, 1.807) is 11.3 Å². The Labute approximate surface area is 118 Å². The van der Waals surface area contributed by atoms with Gasteiger partial charge in [-0.1, -0.05) is 6.92 Å². The van der Waals surface area contributed by atoms with Crippen molar-refractivity contribution < 1.29 is 9.53 Å². The summed E-state index contributed by atoms with van der Waals surface area (Å²) in [7, 11) is 1.42. The summed E-state index contributed by atoms with van der Waals surface area (Å²) >= 11 is 1.68. The number of hydrogen-bond donors (Lipinski definition) is 0. The number of esters is 1. The van der Waals surface area contributed by atoms with Gasteiger partial charge in [0.2, 0.25) is 0 Å². The van der Waals surface area contributed by atoms with Crippen LogP contribution in [-0.2, 0) is 16.0 Å². The molecule has 2 rings (SSSR count). The lowest BCUT2D eigenvalue weighted by atomic mass is 9.94. The number of anilines is 1. The van der Waals surface area contributed by atoms with E-state index in [4.69, 9.17) is 0 Å². The van der Waals surface area contributed by atoms with Gasteiger partial charge in [-0.2, -0.15) is 0 Å². The Morgan fingerprint density at radius 3 is 3.05 bits per heavy atom. The Kier molecular flexibility index (Phi) is 4.80. The fourth-order valence-electron chi connectivity index (χ4n) is 2.57. The summed E-state index contributed by atoms with van der Waals surface area (Å²) < 4.78 is 4.65. The number of aromatic nitrogens is 1. The number of aryl methyl sites for hydroxylation is 1. The van der Waals surface area contributed by atoms with Gasteiger partial charge in [-0.25, -0.2) is 4.98 Å². The number of carbonyl (C=O) groups excluding carboxylic acids is 1. The Morgan fingerprint density at radius 2 is 2.37 bits per heavy atom. The van der Waals surface area contributed by atoms with Gasteiger partial charge in [0.05, 0.1) is 19.2 Å². The molecule has 0 N–H and O–H groups in total. The van der Waals surface area contributed by atoms with Crippen molar-refractivity contribution in [1.29, 1.82) is 0 Å². The molecule has 0 spiro atoms. The lowest BCUT2D eigenvalue weighted by Gasteiger charge is -2.36. The molecule has 0 aromatic carbocycles. The summed E-state index contributed by atoms with van der Waals surface area (Å²) in [5, 5.41) is 3.16. The summed E-state index contributed by atoms with van der Waals surface area (Å²) in [4.78, 5) is 18.2. The molecule has 4 nitrogen and oxygen atoms in total. The van der Waals surface area contributed by atoms with Gasteiger partial charge in [0.1, 0.15) is 0 Å². The Morgan fingerprint density at radius 1 is 1.58 bits per heavy atom. The molecule has 1 aromatic heterocycles. The first-order valence-electron chi connectivity index (χ1n) is 6.88. The van der Waals surface area contributed by atoms with Gasteiger partial charge in [-0.3, -0.25) is 4.79 Å². The number of thiazole rings is 1. The Hall–Kier alpha value is -1.10. The maximum atomic E-state index is 11.1. The van der Waals surface area contributed by atoms with Crippen LogP contribution in [0.5, 0.6) is 0 Å². The molecule has 5 heteroatoms. The minimum Gasteiger partial charge on any atom is -0.469 e. The van der Waals surface area contributed by atoms with E-state index >= 15 is 0 Å². The molecule has 0 amide bonds. The molecule has 1 aliphatic rings. The molecule has 1 aromatic rings. The van der Waals surface area contributed by atoms with Crippen molar-refractivity contribution in [3.8, 4) is 0 Å². The normalized spacial score (nSPS) is 23.4. The van der Waals surface area contributed by atoms with Crippen LogP contribution >= 0.6 is 11.3 Å². The average molecular weight is 282 g/mol. The van der Waals surface area contributed by atoms with Crippen LogP contribution in [0.15, 0.2) is 5.38 Å². The van der Waals surface area contributed by atoms with Crippen molar-refractivity contribution in [2.75, 3.05) is 18.6 Å². The molecule has 0 aliphatic carbocycles. The van der Waals surface area contributed by atoms with Crippen LogP contribution in [0.4, 0.5) is 5.13 Å². The highest BCUT2D eigenvalue weighted by Gasteiger charge is 2.24. The molecule has 106 valence electrons. The number of methoxy groups -OCH3 is 1. The van der Waals surface area contributed by atoms with Crippen LogP contribution in [0, 0.1) is 5.92 Å². The summed E-state index contributed by atoms with van der Waals surface area (Å²) in [6, 6.07) is 0.559. The lowest BCUT2D eigenvalue weighted by Crippen LogP contribution is -2.40.